The van der Waals surface area contributed by atoms with Gasteiger partial charge in [0, 0.05) is 13.7 Å². The molecule has 18 heavy (non-hydrogen) atoms. The van der Waals surface area contributed by atoms with Gasteiger partial charge in [0.05, 0.1) is 6.61 Å². The highest BCUT2D eigenvalue weighted by Gasteiger charge is 2.02. The van der Waals surface area contributed by atoms with Crippen molar-refractivity contribution in [3.05, 3.63) is 41.0 Å². The third-order valence-electron chi connectivity index (χ3n) is 2.96. The van der Waals surface area contributed by atoms with Gasteiger partial charge in [0.25, 0.3) is 0 Å². The van der Waals surface area contributed by atoms with Crippen LogP contribution in [-0.2, 0) is 11.3 Å². The Bertz CT molecular complexity index is 365. The maximum atomic E-state index is 5.11. The van der Waals surface area contributed by atoms with Crippen molar-refractivity contribution < 1.29 is 4.74 Å². The molecule has 100 valence electrons. The Labute approximate surface area is 111 Å². The molecule has 0 aliphatic heterocycles. The summed E-state index contributed by atoms with van der Waals surface area (Å²) in [4.78, 5) is 0. The Morgan fingerprint density at radius 3 is 2.44 bits per heavy atom. The monoisotopic (exact) mass is 247 g/mol. The maximum absolute atomic E-state index is 5.11. The van der Waals surface area contributed by atoms with E-state index in [0.717, 1.165) is 13.1 Å². The largest absolute Gasteiger partial charge is 0.380 e. The van der Waals surface area contributed by atoms with Gasteiger partial charge in [0.2, 0.25) is 0 Å². The number of benzene rings is 1. The van der Waals surface area contributed by atoms with Crippen LogP contribution in [-0.4, -0.2) is 20.2 Å². The lowest BCUT2D eigenvalue weighted by Gasteiger charge is -2.12. The van der Waals surface area contributed by atoms with Crippen molar-refractivity contribution in [1.82, 2.24) is 5.32 Å². The van der Waals surface area contributed by atoms with Crippen LogP contribution < -0.4 is 5.32 Å². The van der Waals surface area contributed by atoms with Crippen molar-refractivity contribution >= 4 is 6.08 Å². The van der Waals surface area contributed by atoms with Gasteiger partial charge in [-0.05, 0) is 23.6 Å². The first-order valence-electron chi connectivity index (χ1n) is 6.66. The summed E-state index contributed by atoms with van der Waals surface area (Å²) in [7, 11) is 1.72. The van der Waals surface area contributed by atoms with Gasteiger partial charge >= 0.3 is 0 Å². The fourth-order valence-electron chi connectivity index (χ4n) is 1.78. The summed E-state index contributed by atoms with van der Waals surface area (Å²) in [5.41, 5.74) is 3.92. The molecule has 1 aromatic carbocycles. The molecule has 0 unspecified atom stereocenters. The van der Waals surface area contributed by atoms with Crippen LogP contribution in [0.25, 0.3) is 6.08 Å². The van der Waals surface area contributed by atoms with Crippen LogP contribution in [0.4, 0.5) is 0 Å². The zero-order valence-electron chi connectivity index (χ0n) is 12.0. The smallest absolute Gasteiger partial charge is 0.0713 e. The average Bonchev–Trinajstić information content (AvgIpc) is 2.36. The van der Waals surface area contributed by atoms with E-state index in [4.69, 9.17) is 4.74 Å². The summed E-state index contributed by atoms with van der Waals surface area (Å²) in [6, 6.07) is 8.56. The summed E-state index contributed by atoms with van der Waals surface area (Å²) in [6.45, 7) is 9.27. The molecule has 0 aromatic heterocycles. The summed E-state index contributed by atoms with van der Waals surface area (Å²) in [5, 5.41) is 3.39. The first-order chi connectivity index (χ1) is 8.67. The lowest BCUT2D eigenvalue weighted by Crippen LogP contribution is -2.18. The Hall–Kier alpha value is -1.12. The average molecular weight is 247 g/mol. The van der Waals surface area contributed by atoms with Gasteiger partial charge in [-0.15, -0.1) is 0 Å². The number of methoxy groups -OCH3 is 1. The van der Waals surface area contributed by atoms with Gasteiger partial charge in [0.15, 0.2) is 0 Å². The van der Waals surface area contributed by atoms with Gasteiger partial charge in [0.1, 0.15) is 0 Å². The third-order valence-corrected chi connectivity index (χ3v) is 2.96. The summed E-state index contributed by atoms with van der Waals surface area (Å²) in [5.74, 6) is 0.572. The van der Waals surface area contributed by atoms with Crippen molar-refractivity contribution in [3.63, 3.8) is 0 Å². The zero-order valence-corrected chi connectivity index (χ0v) is 12.0. The number of nitrogens with one attached hydrogen (secondary N) is 1. The van der Waals surface area contributed by atoms with Crippen LogP contribution in [0.2, 0.25) is 0 Å². The number of ether oxygens (including phenoxy) is 1. The minimum atomic E-state index is 0.572. The second kappa shape index (κ2) is 8.06. The lowest BCUT2D eigenvalue weighted by atomic mass is 10.00. The van der Waals surface area contributed by atoms with E-state index in [-0.39, 0.29) is 0 Å². The van der Waals surface area contributed by atoms with E-state index >= 15 is 0 Å². The molecule has 1 rings (SSSR count). The molecule has 0 heterocycles. The van der Waals surface area contributed by atoms with Crippen molar-refractivity contribution in [2.75, 3.05) is 20.2 Å². The number of likely N-dealkylation sites (N-methyl/N-ethyl adjacent to an activating group) is 1. The Balaban J connectivity index is 2.77. The molecular formula is C16H25NO. The molecule has 0 aliphatic rings. The quantitative estimate of drug-likeness (QED) is 0.796. The van der Waals surface area contributed by atoms with E-state index in [1.807, 2.05) is 0 Å². The second-order valence-corrected chi connectivity index (χ2v) is 4.83. The predicted octanol–water partition coefficient (Wildman–Crippen LogP) is 3.48. The topological polar surface area (TPSA) is 21.3 Å². The van der Waals surface area contributed by atoms with Crippen LogP contribution in [0.3, 0.4) is 0 Å². The molecule has 0 bridgehead atoms. The Morgan fingerprint density at radius 1 is 1.28 bits per heavy atom. The van der Waals surface area contributed by atoms with Gasteiger partial charge in [-0.2, -0.15) is 0 Å². The molecule has 1 N–H and O–H groups in total. The highest BCUT2D eigenvalue weighted by molar-refractivity contribution is 5.54. The highest BCUT2D eigenvalue weighted by Crippen LogP contribution is 2.15. The summed E-state index contributed by atoms with van der Waals surface area (Å²) < 4.78 is 5.11. The first kappa shape index (κ1) is 14.9. The number of rotatable bonds is 7. The summed E-state index contributed by atoms with van der Waals surface area (Å²) >= 11 is 0. The van der Waals surface area contributed by atoms with Gasteiger partial charge in [-0.1, -0.05) is 56.7 Å². The van der Waals surface area contributed by atoms with E-state index in [1.165, 1.54) is 16.7 Å². The van der Waals surface area contributed by atoms with E-state index in [2.05, 4.69) is 56.4 Å². The van der Waals surface area contributed by atoms with Crippen LogP contribution in [0.5, 0.6) is 0 Å². The van der Waals surface area contributed by atoms with Gasteiger partial charge < -0.3 is 10.1 Å². The lowest BCUT2D eigenvalue weighted by molar-refractivity contribution is 0.185. The van der Waals surface area contributed by atoms with Crippen LogP contribution in [0.1, 0.15) is 31.9 Å². The maximum Gasteiger partial charge on any atom is 0.0713 e. The SMILES string of the molecule is CCNCC(=Cc1ccc(COC)cc1)C(C)C. The van der Waals surface area contributed by atoms with Crippen molar-refractivity contribution in [2.45, 2.75) is 27.4 Å². The van der Waals surface area contributed by atoms with Crippen molar-refractivity contribution in [2.24, 2.45) is 5.92 Å². The fourth-order valence-corrected chi connectivity index (χ4v) is 1.78. The van der Waals surface area contributed by atoms with E-state index in [0.29, 0.717) is 12.5 Å². The highest BCUT2D eigenvalue weighted by atomic mass is 16.5. The van der Waals surface area contributed by atoms with E-state index in [9.17, 15) is 0 Å². The van der Waals surface area contributed by atoms with E-state index in [1.54, 1.807) is 7.11 Å². The minimum Gasteiger partial charge on any atom is -0.380 e. The molecule has 2 heteroatoms. The normalized spacial score (nSPS) is 12.2. The minimum absolute atomic E-state index is 0.572. The molecule has 0 radical (unpaired) electrons. The molecule has 0 saturated heterocycles. The number of hydrogen-bond acceptors (Lipinski definition) is 2. The molecule has 0 amide bonds. The Morgan fingerprint density at radius 2 is 1.94 bits per heavy atom. The first-order valence-corrected chi connectivity index (χ1v) is 6.66. The molecule has 0 fully saturated rings. The standard InChI is InChI=1S/C16H25NO/c1-5-17-11-16(13(2)3)10-14-6-8-15(9-7-14)12-18-4/h6-10,13,17H,5,11-12H2,1-4H3. The molecule has 1 aromatic rings. The van der Waals surface area contributed by atoms with Crippen molar-refractivity contribution in [1.29, 1.82) is 0 Å². The van der Waals surface area contributed by atoms with Gasteiger partial charge in [-0.25, -0.2) is 0 Å². The van der Waals surface area contributed by atoms with Crippen LogP contribution >= 0.6 is 0 Å². The fraction of sp³-hybridized carbons (Fsp3) is 0.500. The Kier molecular flexibility index (Phi) is 6.69. The number of hydrogen-bond donors (Lipinski definition) is 1. The van der Waals surface area contributed by atoms with Gasteiger partial charge in [-0.3, -0.25) is 0 Å². The molecule has 0 aliphatic carbocycles. The molecule has 0 atom stereocenters. The predicted molar refractivity (Wildman–Crippen MR) is 78.5 cm³/mol. The van der Waals surface area contributed by atoms with Crippen molar-refractivity contribution in [3.8, 4) is 0 Å². The van der Waals surface area contributed by atoms with E-state index < -0.39 is 0 Å². The second-order valence-electron chi connectivity index (χ2n) is 4.83. The molecule has 2 nitrogen and oxygen atoms in total. The third kappa shape index (κ3) is 5.03. The van der Waals surface area contributed by atoms with Crippen LogP contribution in [0.15, 0.2) is 29.8 Å². The summed E-state index contributed by atoms with van der Waals surface area (Å²) in [6.07, 6.45) is 2.28. The molecule has 0 saturated carbocycles. The molecular weight excluding hydrogens is 222 g/mol. The zero-order chi connectivity index (χ0) is 13.4. The van der Waals surface area contributed by atoms with Crippen LogP contribution in [0, 0.1) is 5.92 Å². The molecule has 0 spiro atoms.